The Hall–Kier alpha value is -3.13. The highest BCUT2D eigenvalue weighted by molar-refractivity contribution is 5.93. The van der Waals surface area contributed by atoms with Crippen LogP contribution in [0.15, 0.2) is 54.7 Å². The summed E-state index contributed by atoms with van der Waals surface area (Å²) in [5.41, 5.74) is 1.45. The Kier molecular flexibility index (Phi) is 3.58. The fraction of sp³-hybridized carbons (Fsp3) is 0.0588. The van der Waals surface area contributed by atoms with Gasteiger partial charge in [-0.05, 0) is 18.2 Å². The number of hydrogen-bond donors (Lipinski definition) is 1. The molecule has 1 heterocycles. The van der Waals surface area contributed by atoms with Gasteiger partial charge in [0.25, 0.3) is 0 Å². The number of halogens is 1. The third-order valence-corrected chi connectivity index (χ3v) is 3.37. The number of fused-ring (bicyclic) bond motifs is 1. The Bertz CT molecular complexity index is 892. The smallest absolute Gasteiger partial charge is 0.244 e. The monoisotopic (exact) mass is 293 g/mol. The van der Waals surface area contributed by atoms with Crippen molar-refractivity contribution in [3.8, 4) is 6.07 Å². The van der Waals surface area contributed by atoms with Gasteiger partial charge in [0.1, 0.15) is 18.4 Å². The second-order valence-corrected chi connectivity index (χ2v) is 4.83. The summed E-state index contributed by atoms with van der Waals surface area (Å²) >= 11 is 0. The minimum Gasteiger partial charge on any atom is -0.337 e. The zero-order valence-corrected chi connectivity index (χ0v) is 11.6. The van der Waals surface area contributed by atoms with Crippen LogP contribution in [0.2, 0.25) is 0 Å². The minimum atomic E-state index is -0.481. The van der Waals surface area contributed by atoms with Gasteiger partial charge in [0.05, 0.1) is 11.3 Å². The summed E-state index contributed by atoms with van der Waals surface area (Å²) in [7, 11) is 0. The van der Waals surface area contributed by atoms with Gasteiger partial charge in [-0.2, -0.15) is 5.26 Å². The van der Waals surface area contributed by atoms with Crippen LogP contribution >= 0.6 is 0 Å². The number of nitrogens with one attached hydrogen (secondary N) is 1. The summed E-state index contributed by atoms with van der Waals surface area (Å²) in [6.07, 6.45) is 1.63. The lowest BCUT2D eigenvalue weighted by Crippen LogP contribution is -2.18. The number of nitriles is 1. The van der Waals surface area contributed by atoms with Crippen LogP contribution in [-0.4, -0.2) is 10.5 Å². The standard InChI is InChI=1S/C17H12FN3O/c18-14-6-2-3-7-15(14)20-17(22)11-21-10-12(9-19)13-5-1-4-8-16(13)21/h1-8,10H,11H2,(H,20,22). The van der Waals surface area contributed by atoms with E-state index in [1.165, 1.54) is 12.1 Å². The predicted octanol–water partition coefficient (Wildman–Crippen LogP) is 3.29. The van der Waals surface area contributed by atoms with Gasteiger partial charge in [0, 0.05) is 17.1 Å². The van der Waals surface area contributed by atoms with E-state index in [9.17, 15) is 9.18 Å². The summed E-state index contributed by atoms with van der Waals surface area (Å²) in [5, 5.41) is 12.5. The van der Waals surface area contributed by atoms with Crippen LogP contribution in [0.25, 0.3) is 10.9 Å². The molecule has 2 aromatic carbocycles. The van der Waals surface area contributed by atoms with Crippen LogP contribution in [0.4, 0.5) is 10.1 Å². The third-order valence-electron chi connectivity index (χ3n) is 3.37. The second kappa shape index (κ2) is 5.70. The van der Waals surface area contributed by atoms with Crippen molar-refractivity contribution in [2.45, 2.75) is 6.54 Å². The summed E-state index contributed by atoms with van der Waals surface area (Å²) < 4.78 is 15.2. The van der Waals surface area contributed by atoms with Gasteiger partial charge in [-0.15, -0.1) is 0 Å². The number of carbonyl (C=O) groups excluding carboxylic acids is 1. The molecule has 0 aliphatic carbocycles. The van der Waals surface area contributed by atoms with Crippen molar-refractivity contribution in [3.05, 3.63) is 66.1 Å². The van der Waals surface area contributed by atoms with Crippen molar-refractivity contribution in [2.24, 2.45) is 0 Å². The topological polar surface area (TPSA) is 57.8 Å². The van der Waals surface area contributed by atoms with Crippen molar-refractivity contribution in [1.29, 1.82) is 5.26 Å². The zero-order chi connectivity index (χ0) is 15.5. The fourth-order valence-electron chi connectivity index (χ4n) is 2.37. The first-order chi connectivity index (χ1) is 10.7. The molecule has 22 heavy (non-hydrogen) atoms. The highest BCUT2D eigenvalue weighted by Gasteiger charge is 2.11. The van der Waals surface area contributed by atoms with Gasteiger partial charge in [-0.25, -0.2) is 4.39 Å². The lowest BCUT2D eigenvalue weighted by molar-refractivity contribution is -0.116. The van der Waals surface area contributed by atoms with Crippen molar-refractivity contribution in [3.63, 3.8) is 0 Å². The van der Waals surface area contributed by atoms with Crippen molar-refractivity contribution in [2.75, 3.05) is 5.32 Å². The molecule has 4 nitrogen and oxygen atoms in total. The van der Waals surface area contributed by atoms with Crippen molar-refractivity contribution >= 4 is 22.5 Å². The van der Waals surface area contributed by atoms with Crippen LogP contribution in [-0.2, 0) is 11.3 Å². The maximum atomic E-state index is 13.5. The number of hydrogen-bond acceptors (Lipinski definition) is 2. The molecule has 1 amide bonds. The van der Waals surface area contributed by atoms with E-state index < -0.39 is 5.82 Å². The Morgan fingerprint density at radius 3 is 2.68 bits per heavy atom. The van der Waals surface area contributed by atoms with E-state index in [1.807, 2.05) is 24.3 Å². The van der Waals surface area contributed by atoms with E-state index in [1.54, 1.807) is 22.9 Å². The van der Waals surface area contributed by atoms with E-state index in [4.69, 9.17) is 5.26 Å². The Morgan fingerprint density at radius 2 is 1.91 bits per heavy atom. The van der Waals surface area contributed by atoms with E-state index >= 15 is 0 Å². The normalized spacial score (nSPS) is 10.4. The summed E-state index contributed by atoms with van der Waals surface area (Å²) in [6, 6.07) is 15.5. The van der Waals surface area contributed by atoms with Gasteiger partial charge in [-0.3, -0.25) is 4.79 Å². The molecule has 0 atom stereocenters. The van der Waals surface area contributed by atoms with E-state index in [0.717, 1.165) is 10.9 Å². The Morgan fingerprint density at radius 1 is 1.18 bits per heavy atom. The summed E-state index contributed by atoms with van der Waals surface area (Å²) in [6.45, 7) is 0.0104. The predicted molar refractivity (Wildman–Crippen MR) is 81.7 cm³/mol. The van der Waals surface area contributed by atoms with E-state index in [-0.39, 0.29) is 18.1 Å². The molecule has 3 rings (SSSR count). The molecule has 1 N–H and O–H groups in total. The molecule has 0 aliphatic rings. The van der Waals surface area contributed by atoms with Gasteiger partial charge in [-0.1, -0.05) is 30.3 Å². The number of anilines is 1. The lowest BCUT2D eigenvalue weighted by atomic mass is 10.2. The zero-order valence-electron chi connectivity index (χ0n) is 11.6. The van der Waals surface area contributed by atoms with Gasteiger partial charge >= 0.3 is 0 Å². The molecule has 0 spiro atoms. The summed E-state index contributed by atoms with van der Waals surface area (Å²) in [4.78, 5) is 12.1. The first kappa shape index (κ1) is 13.8. The van der Waals surface area contributed by atoms with Gasteiger partial charge < -0.3 is 9.88 Å². The largest absolute Gasteiger partial charge is 0.337 e. The lowest BCUT2D eigenvalue weighted by Gasteiger charge is -2.08. The third kappa shape index (κ3) is 2.54. The van der Waals surface area contributed by atoms with Gasteiger partial charge in [0.2, 0.25) is 5.91 Å². The van der Waals surface area contributed by atoms with Gasteiger partial charge in [0.15, 0.2) is 0 Å². The highest BCUT2D eigenvalue weighted by atomic mass is 19.1. The molecule has 0 aliphatic heterocycles. The minimum absolute atomic E-state index is 0.0104. The highest BCUT2D eigenvalue weighted by Crippen LogP contribution is 2.20. The molecule has 0 radical (unpaired) electrons. The average molecular weight is 293 g/mol. The fourth-order valence-corrected chi connectivity index (χ4v) is 2.37. The molecule has 5 heteroatoms. The average Bonchev–Trinajstić information content (AvgIpc) is 2.88. The Labute approximate surface area is 126 Å². The molecular weight excluding hydrogens is 281 g/mol. The van der Waals surface area contributed by atoms with Crippen LogP contribution < -0.4 is 5.32 Å². The number of nitrogens with zero attached hydrogens (tertiary/aromatic N) is 2. The summed E-state index contributed by atoms with van der Waals surface area (Å²) in [5.74, 6) is -0.832. The SMILES string of the molecule is N#Cc1cn(CC(=O)Nc2ccccc2F)c2ccccc12. The number of rotatable bonds is 3. The van der Waals surface area contributed by atoms with Crippen LogP contribution in [0.3, 0.4) is 0 Å². The molecule has 0 unspecified atom stereocenters. The molecule has 0 saturated heterocycles. The molecule has 3 aromatic rings. The Balaban J connectivity index is 1.86. The molecular formula is C17H12FN3O. The maximum absolute atomic E-state index is 13.5. The van der Waals surface area contributed by atoms with Crippen molar-refractivity contribution in [1.82, 2.24) is 4.57 Å². The van der Waals surface area contributed by atoms with Crippen molar-refractivity contribution < 1.29 is 9.18 Å². The molecule has 0 saturated carbocycles. The van der Waals surface area contributed by atoms with Crippen LogP contribution in [0.5, 0.6) is 0 Å². The quantitative estimate of drug-likeness (QED) is 0.805. The number of amides is 1. The van der Waals surface area contributed by atoms with E-state index in [0.29, 0.717) is 5.56 Å². The maximum Gasteiger partial charge on any atom is 0.244 e. The van der Waals surface area contributed by atoms with E-state index in [2.05, 4.69) is 11.4 Å². The number of benzene rings is 2. The molecule has 1 aromatic heterocycles. The molecule has 0 bridgehead atoms. The first-order valence-corrected chi connectivity index (χ1v) is 6.71. The second-order valence-electron chi connectivity index (χ2n) is 4.83. The van der Waals surface area contributed by atoms with Crippen LogP contribution in [0.1, 0.15) is 5.56 Å². The number of carbonyl (C=O) groups is 1. The molecule has 108 valence electrons. The molecule has 0 fully saturated rings. The number of aromatic nitrogens is 1. The number of para-hydroxylation sites is 2. The first-order valence-electron chi connectivity index (χ1n) is 6.71. The van der Waals surface area contributed by atoms with Crippen LogP contribution in [0, 0.1) is 17.1 Å².